The van der Waals surface area contributed by atoms with Crippen LogP contribution in [-0.4, -0.2) is 62.4 Å². The number of rotatable bonds is 4. The molecule has 2 N–H and O–H groups in total. The van der Waals surface area contributed by atoms with Crippen molar-refractivity contribution in [3.8, 4) is 0 Å². The average molecular weight is 508 g/mol. The zero-order chi connectivity index (χ0) is 19.4. The normalized spacial score (nSPS) is 18.4. The van der Waals surface area contributed by atoms with Gasteiger partial charge in [0.15, 0.2) is 15.8 Å². The number of anilines is 1. The smallest absolute Gasteiger partial charge is 0.243 e. The summed E-state index contributed by atoms with van der Waals surface area (Å²) in [6.45, 7) is 6.27. The summed E-state index contributed by atoms with van der Waals surface area (Å²) in [7, 11) is -1.49. The summed E-state index contributed by atoms with van der Waals surface area (Å²) < 4.78 is 23.4. The van der Waals surface area contributed by atoms with Gasteiger partial charge in [0.05, 0.1) is 17.0 Å². The second-order valence-electron chi connectivity index (χ2n) is 7.00. The standard InChI is InChI=1S/C18H28N4O3S.HI/c1-5-14-7-6-8-15(11-14)21-16(23)12-20-17(19-4)22-9-10-26(24,25)18(2,3)13-22;/h6-8,11H,5,9-10,12-13H2,1-4H3,(H,19,20)(H,21,23);1H. The van der Waals surface area contributed by atoms with Crippen molar-refractivity contribution in [2.24, 2.45) is 4.99 Å². The zero-order valence-corrected chi connectivity index (χ0v) is 19.4. The van der Waals surface area contributed by atoms with Crippen LogP contribution in [-0.2, 0) is 21.1 Å². The lowest BCUT2D eigenvalue weighted by Gasteiger charge is -2.39. The molecule has 0 aromatic heterocycles. The third-order valence-electron chi connectivity index (χ3n) is 4.58. The summed E-state index contributed by atoms with van der Waals surface area (Å²) in [5, 5.41) is 5.88. The van der Waals surface area contributed by atoms with Gasteiger partial charge in [0, 0.05) is 25.8 Å². The van der Waals surface area contributed by atoms with Gasteiger partial charge in [-0.1, -0.05) is 19.1 Å². The van der Waals surface area contributed by atoms with Crippen molar-refractivity contribution in [2.45, 2.75) is 31.9 Å². The molecular formula is C18H29IN4O3S. The van der Waals surface area contributed by atoms with Crippen LogP contribution in [0.15, 0.2) is 29.3 Å². The Balaban J connectivity index is 0.00000364. The van der Waals surface area contributed by atoms with E-state index in [0.29, 0.717) is 19.0 Å². The van der Waals surface area contributed by atoms with E-state index in [2.05, 4.69) is 22.5 Å². The number of amides is 1. The predicted molar refractivity (Wildman–Crippen MR) is 121 cm³/mol. The number of nitrogens with zero attached hydrogens (tertiary/aromatic N) is 2. The predicted octanol–water partition coefficient (Wildman–Crippen LogP) is 1.89. The molecule has 0 spiro atoms. The van der Waals surface area contributed by atoms with E-state index >= 15 is 0 Å². The second-order valence-corrected chi connectivity index (χ2v) is 9.75. The average Bonchev–Trinajstić information content (AvgIpc) is 2.58. The number of benzene rings is 1. The second kappa shape index (κ2) is 9.72. The summed E-state index contributed by atoms with van der Waals surface area (Å²) >= 11 is 0. The van der Waals surface area contributed by atoms with Crippen LogP contribution in [0, 0.1) is 0 Å². The van der Waals surface area contributed by atoms with E-state index in [9.17, 15) is 13.2 Å². The van der Waals surface area contributed by atoms with Crippen LogP contribution in [0.1, 0.15) is 26.3 Å². The molecule has 2 rings (SSSR count). The Kier molecular flexibility index (Phi) is 8.52. The SMILES string of the molecule is CCc1cccc(NC(=O)CNC(=NC)N2CCS(=O)(=O)C(C)(C)C2)c1.I. The number of nitrogens with one attached hydrogen (secondary N) is 2. The van der Waals surface area contributed by atoms with E-state index in [0.717, 1.165) is 17.7 Å². The van der Waals surface area contributed by atoms with E-state index in [-0.39, 0.29) is 42.2 Å². The van der Waals surface area contributed by atoms with E-state index in [4.69, 9.17) is 0 Å². The van der Waals surface area contributed by atoms with Gasteiger partial charge >= 0.3 is 0 Å². The number of guanidine groups is 1. The highest BCUT2D eigenvalue weighted by Crippen LogP contribution is 2.23. The first kappa shape index (κ1) is 23.7. The molecule has 1 aliphatic rings. The highest BCUT2D eigenvalue weighted by molar-refractivity contribution is 14.0. The number of halogens is 1. The molecule has 27 heavy (non-hydrogen) atoms. The number of sulfone groups is 1. The number of carbonyl (C=O) groups is 1. The van der Waals surface area contributed by atoms with Gasteiger partial charge in [0.25, 0.3) is 0 Å². The Labute approximate surface area is 178 Å². The Bertz CT molecular complexity index is 794. The molecule has 1 aromatic carbocycles. The van der Waals surface area contributed by atoms with Crippen LogP contribution in [0.2, 0.25) is 0 Å². The van der Waals surface area contributed by atoms with Crippen molar-refractivity contribution in [2.75, 3.05) is 37.8 Å². The molecule has 0 aliphatic carbocycles. The lowest BCUT2D eigenvalue weighted by atomic mass is 10.1. The van der Waals surface area contributed by atoms with Crippen LogP contribution in [0.4, 0.5) is 5.69 Å². The molecule has 0 atom stereocenters. The molecule has 0 bridgehead atoms. The van der Waals surface area contributed by atoms with E-state index < -0.39 is 14.6 Å². The molecule has 1 heterocycles. The first-order chi connectivity index (χ1) is 12.2. The summed E-state index contributed by atoms with van der Waals surface area (Å²) in [5.74, 6) is 0.435. The monoisotopic (exact) mass is 508 g/mol. The highest BCUT2D eigenvalue weighted by atomic mass is 127. The molecule has 1 aromatic rings. The summed E-state index contributed by atoms with van der Waals surface area (Å²) in [5.41, 5.74) is 1.92. The van der Waals surface area contributed by atoms with Gasteiger partial charge in [-0.2, -0.15) is 0 Å². The molecule has 1 amide bonds. The maximum absolute atomic E-state index is 12.2. The Hall–Kier alpha value is -1.36. The van der Waals surface area contributed by atoms with Gasteiger partial charge in [-0.3, -0.25) is 9.79 Å². The van der Waals surface area contributed by atoms with Crippen LogP contribution < -0.4 is 10.6 Å². The zero-order valence-electron chi connectivity index (χ0n) is 16.3. The van der Waals surface area contributed by atoms with Gasteiger partial charge in [-0.05, 0) is 38.0 Å². The van der Waals surface area contributed by atoms with Gasteiger partial charge in [-0.25, -0.2) is 8.42 Å². The molecule has 0 saturated carbocycles. The fourth-order valence-corrected chi connectivity index (χ4v) is 4.26. The number of hydrogen-bond donors (Lipinski definition) is 2. The van der Waals surface area contributed by atoms with Crippen molar-refractivity contribution in [1.82, 2.24) is 10.2 Å². The van der Waals surface area contributed by atoms with Crippen molar-refractivity contribution >= 4 is 51.4 Å². The lowest BCUT2D eigenvalue weighted by Crippen LogP contribution is -2.57. The van der Waals surface area contributed by atoms with Gasteiger partial charge < -0.3 is 15.5 Å². The molecule has 9 heteroatoms. The van der Waals surface area contributed by atoms with Gasteiger partial charge in [-0.15, -0.1) is 24.0 Å². The quantitative estimate of drug-likeness (QED) is 0.369. The fourth-order valence-electron chi connectivity index (χ4n) is 2.89. The maximum Gasteiger partial charge on any atom is 0.243 e. The van der Waals surface area contributed by atoms with E-state index in [1.54, 1.807) is 20.9 Å². The summed E-state index contributed by atoms with van der Waals surface area (Å²) in [6, 6.07) is 7.73. The minimum atomic E-state index is -3.12. The maximum atomic E-state index is 12.2. The minimum Gasteiger partial charge on any atom is -0.347 e. The minimum absolute atomic E-state index is 0. The fraction of sp³-hybridized carbons (Fsp3) is 0.556. The third kappa shape index (κ3) is 6.06. The number of hydrogen-bond acceptors (Lipinski definition) is 4. The van der Waals surface area contributed by atoms with Gasteiger partial charge in [0.1, 0.15) is 0 Å². The molecule has 7 nitrogen and oxygen atoms in total. The number of aryl methyl sites for hydroxylation is 1. The first-order valence-electron chi connectivity index (χ1n) is 8.75. The molecule has 1 saturated heterocycles. The largest absolute Gasteiger partial charge is 0.347 e. The molecule has 152 valence electrons. The molecule has 0 radical (unpaired) electrons. The van der Waals surface area contributed by atoms with Crippen molar-refractivity contribution in [1.29, 1.82) is 0 Å². The topological polar surface area (TPSA) is 90.9 Å². The first-order valence-corrected chi connectivity index (χ1v) is 10.4. The summed E-state index contributed by atoms with van der Waals surface area (Å²) in [6.07, 6.45) is 0.905. The van der Waals surface area contributed by atoms with Crippen LogP contribution in [0.25, 0.3) is 0 Å². The molecule has 1 fully saturated rings. The van der Waals surface area contributed by atoms with Crippen LogP contribution >= 0.6 is 24.0 Å². The van der Waals surface area contributed by atoms with Crippen LogP contribution in [0.5, 0.6) is 0 Å². The van der Waals surface area contributed by atoms with Crippen molar-refractivity contribution < 1.29 is 13.2 Å². The molecule has 0 unspecified atom stereocenters. The van der Waals surface area contributed by atoms with Crippen molar-refractivity contribution in [3.05, 3.63) is 29.8 Å². The lowest BCUT2D eigenvalue weighted by molar-refractivity contribution is -0.115. The molecule has 1 aliphatic heterocycles. The third-order valence-corrected chi connectivity index (χ3v) is 7.11. The Morgan fingerprint density at radius 2 is 2.04 bits per heavy atom. The summed E-state index contributed by atoms with van der Waals surface area (Å²) in [4.78, 5) is 18.3. The van der Waals surface area contributed by atoms with Crippen molar-refractivity contribution in [3.63, 3.8) is 0 Å². The van der Waals surface area contributed by atoms with Gasteiger partial charge in [0.2, 0.25) is 5.91 Å². The van der Waals surface area contributed by atoms with E-state index in [1.165, 1.54) is 0 Å². The Morgan fingerprint density at radius 1 is 1.33 bits per heavy atom. The molecular weight excluding hydrogens is 479 g/mol. The number of aliphatic imine (C=N–C) groups is 1. The number of carbonyl (C=O) groups excluding carboxylic acids is 1. The Morgan fingerprint density at radius 3 is 2.63 bits per heavy atom. The van der Waals surface area contributed by atoms with Crippen LogP contribution in [0.3, 0.4) is 0 Å². The van der Waals surface area contributed by atoms with E-state index in [1.807, 2.05) is 29.2 Å². The highest BCUT2D eigenvalue weighted by Gasteiger charge is 2.40.